The molecule has 3 rings (SSSR count). The lowest BCUT2D eigenvalue weighted by Crippen LogP contribution is -2.29. The monoisotopic (exact) mass is 410 g/mol. The lowest BCUT2D eigenvalue weighted by atomic mass is 10.1. The van der Waals surface area contributed by atoms with Crippen LogP contribution in [0.1, 0.15) is 41.7 Å². The molecule has 1 fully saturated rings. The summed E-state index contributed by atoms with van der Waals surface area (Å²) in [7, 11) is -2.51. The van der Waals surface area contributed by atoms with E-state index < -0.39 is 33.6 Å². The number of halogens is 2. The summed E-state index contributed by atoms with van der Waals surface area (Å²) >= 11 is 0. The van der Waals surface area contributed by atoms with Gasteiger partial charge in [-0.15, -0.1) is 0 Å². The number of benzene rings is 2. The summed E-state index contributed by atoms with van der Waals surface area (Å²) < 4.78 is 59.7. The van der Waals surface area contributed by atoms with E-state index in [4.69, 9.17) is 4.74 Å². The highest BCUT2D eigenvalue weighted by atomic mass is 32.2. The van der Waals surface area contributed by atoms with Crippen LogP contribution in [0.3, 0.4) is 0 Å². The maximum Gasteiger partial charge on any atom is 0.251 e. The minimum absolute atomic E-state index is 0.0753. The highest BCUT2D eigenvalue weighted by Crippen LogP contribution is 2.28. The molecule has 1 amide bonds. The van der Waals surface area contributed by atoms with E-state index in [0.29, 0.717) is 0 Å². The van der Waals surface area contributed by atoms with Crippen LogP contribution < -0.4 is 14.8 Å². The topological polar surface area (TPSA) is 84.5 Å². The molecule has 0 bridgehead atoms. The number of hydrogen-bond donors (Lipinski definition) is 2. The molecule has 0 radical (unpaired) electrons. The van der Waals surface area contributed by atoms with Crippen molar-refractivity contribution in [3.8, 4) is 5.75 Å². The summed E-state index contributed by atoms with van der Waals surface area (Å²) in [6.07, 6.45) is 1.53. The molecule has 1 aliphatic rings. The quantitative estimate of drug-likeness (QED) is 0.735. The molecule has 1 aliphatic carbocycles. The summed E-state index contributed by atoms with van der Waals surface area (Å²) in [4.78, 5) is 12.4. The molecule has 1 saturated carbocycles. The third kappa shape index (κ3) is 4.48. The molecule has 2 aromatic carbocycles. The summed E-state index contributed by atoms with van der Waals surface area (Å²) in [5.41, 5.74) is 0.192. The summed E-state index contributed by atoms with van der Waals surface area (Å²) in [5.74, 6) is -1.98. The first kappa shape index (κ1) is 20.2. The van der Waals surface area contributed by atoms with Crippen molar-refractivity contribution >= 4 is 15.9 Å². The molecule has 0 aliphatic heterocycles. The van der Waals surface area contributed by atoms with E-state index in [9.17, 15) is 22.0 Å². The van der Waals surface area contributed by atoms with Crippen molar-refractivity contribution < 1.29 is 26.7 Å². The molecular weight excluding hydrogens is 390 g/mol. The van der Waals surface area contributed by atoms with Crippen LogP contribution in [0.25, 0.3) is 0 Å². The van der Waals surface area contributed by atoms with Crippen LogP contribution in [0.4, 0.5) is 8.78 Å². The Morgan fingerprint density at radius 1 is 1.18 bits per heavy atom. The molecule has 1 unspecified atom stereocenters. The highest BCUT2D eigenvalue weighted by molar-refractivity contribution is 7.89. The maximum absolute atomic E-state index is 13.9. The van der Waals surface area contributed by atoms with Gasteiger partial charge < -0.3 is 10.1 Å². The van der Waals surface area contributed by atoms with Gasteiger partial charge in [-0.1, -0.05) is 6.07 Å². The van der Waals surface area contributed by atoms with E-state index in [-0.39, 0.29) is 27.8 Å². The van der Waals surface area contributed by atoms with Crippen LogP contribution in [0.15, 0.2) is 41.3 Å². The van der Waals surface area contributed by atoms with Gasteiger partial charge in [-0.05, 0) is 44.0 Å². The minimum Gasteiger partial charge on any atom is -0.495 e. The SMILES string of the molecule is COc1ccc(C(=O)NC(C)c2ccc(F)cc2F)cc1S(=O)(=O)NC1CC1. The molecule has 0 heterocycles. The lowest BCUT2D eigenvalue weighted by molar-refractivity contribution is 0.0939. The van der Waals surface area contributed by atoms with Crippen molar-refractivity contribution in [3.63, 3.8) is 0 Å². The number of rotatable bonds is 7. The molecule has 150 valence electrons. The molecule has 2 N–H and O–H groups in total. The first-order chi connectivity index (χ1) is 13.2. The van der Waals surface area contributed by atoms with Gasteiger partial charge in [0.25, 0.3) is 5.91 Å². The smallest absolute Gasteiger partial charge is 0.251 e. The molecule has 1 atom stereocenters. The number of amides is 1. The molecule has 9 heteroatoms. The van der Waals surface area contributed by atoms with E-state index >= 15 is 0 Å². The molecule has 6 nitrogen and oxygen atoms in total. The standard InChI is InChI=1S/C19H20F2N2O4S/c1-11(15-7-4-13(20)10-16(15)21)22-19(24)12-3-8-17(27-2)18(9-12)28(25,26)23-14-5-6-14/h3-4,7-11,14,23H,5-6H2,1-2H3,(H,22,24). The van der Waals surface area contributed by atoms with Crippen molar-refractivity contribution in [1.82, 2.24) is 10.0 Å². The molecule has 0 spiro atoms. The van der Waals surface area contributed by atoms with Crippen LogP contribution in [-0.2, 0) is 10.0 Å². The Labute approximate surface area is 162 Å². The predicted octanol–water partition coefficient (Wildman–Crippen LogP) is 2.91. The van der Waals surface area contributed by atoms with Crippen LogP contribution in [0.5, 0.6) is 5.75 Å². The second-order valence-corrected chi connectivity index (χ2v) is 8.30. The van der Waals surface area contributed by atoms with Gasteiger partial charge in [0.15, 0.2) is 0 Å². The van der Waals surface area contributed by atoms with Crippen molar-refractivity contribution in [2.45, 2.75) is 36.7 Å². The van der Waals surface area contributed by atoms with Gasteiger partial charge in [-0.2, -0.15) is 0 Å². The number of hydrogen-bond acceptors (Lipinski definition) is 4. The van der Waals surface area contributed by atoms with Crippen LogP contribution in [-0.4, -0.2) is 27.5 Å². The third-order valence-corrected chi connectivity index (χ3v) is 5.93. The second-order valence-electron chi connectivity index (χ2n) is 6.62. The number of carbonyl (C=O) groups excluding carboxylic acids is 1. The highest BCUT2D eigenvalue weighted by Gasteiger charge is 2.30. The Kier molecular flexibility index (Phi) is 5.66. The van der Waals surface area contributed by atoms with E-state index in [1.54, 1.807) is 6.92 Å². The zero-order chi connectivity index (χ0) is 20.5. The van der Waals surface area contributed by atoms with Crippen molar-refractivity contribution in [2.75, 3.05) is 7.11 Å². The largest absolute Gasteiger partial charge is 0.495 e. The number of ether oxygens (including phenoxy) is 1. The molecule has 28 heavy (non-hydrogen) atoms. The second kappa shape index (κ2) is 7.84. The molecule has 0 aromatic heterocycles. The first-order valence-corrected chi connectivity index (χ1v) is 10.2. The minimum atomic E-state index is -3.84. The Balaban J connectivity index is 1.84. The van der Waals surface area contributed by atoms with Gasteiger partial charge in [0.2, 0.25) is 10.0 Å². The van der Waals surface area contributed by atoms with E-state index in [1.807, 2.05) is 0 Å². The zero-order valence-electron chi connectivity index (χ0n) is 15.3. The van der Waals surface area contributed by atoms with Gasteiger partial charge in [0.1, 0.15) is 22.3 Å². The molecular formula is C19H20F2N2O4S. The number of sulfonamides is 1. The van der Waals surface area contributed by atoms with E-state index in [1.165, 1.54) is 31.4 Å². The summed E-state index contributed by atoms with van der Waals surface area (Å²) in [5, 5.41) is 2.58. The Hall–Kier alpha value is -2.52. The van der Waals surface area contributed by atoms with E-state index in [2.05, 4.69) is 10.0 Å². The average Bonchev–Trinajstić information content (AvgIpc) is 3.44. The molecule has 2 aromatic rings. The zero-order valence-corrected chi connectivity index (χ0v) is 16.1. The number of carbonyl (C=O) groups is 1. The van der Waals surface area contributed by atoms with Crippen LogP contribution in [0.2, 0.25) is 0 Å². The van der Waals surface area contributed by atoms with E-state index in [0.717, 1.165) is 25.0 Å². The fourth-order valence-electron chi connectivity index (χ4n) is 2.72. The van der Waals surface area contributed by atoms with Crippen molar-refractivity contribution in [3.05, 3.63) is 59.2 Å². The Morgan fingerprint density at radius 2 is 1.89 bits per heavy atom. The van der Waals surface area contributed by atoms with Crippen LogP contribution >= 0.6 is 0 Å². The van der Waals surface area contributed by atoms with Gasteiger partial charge in [0, 0.05) is 23.2 Å². The Morgan fingerprint density at radius 3 is 2.50 bits per heavy atom. The van der Waals surface area contributed by atoms with Gasteiger partial charge in [-0.25, -0.2) is 21.9 Å². The average molecular weight is 410 g/mol. The molecule has 0 saturated heterocycles. The maximum atomic E-state index is 13.9. The number of methoxy groups -OCH3 is 1. The van der Waals surface area contributed by atoms with Gasteiger partial charge >= 0.3 is 0 Å². The van der Waals surface area contributed by atoms with Crippen molar-refractivity contribution in [1.29, 1.82) is 0 Å². The van der Waals surface area contributed by atoms with Crippen molar-refractivity contribution in [2.24, 2.45) is 0 Å². The Bertz CT molecular complexity index is 1010. The lowest BCUT2D eigenvalue weighted by Gasteiger charge is -2.16. The predicted molar refractivity (Wildman–Crippen MR) is 98.6 cm³/mol. The van der Waals surface area contributed by atoms with Gasteiger partial charge in [0.05, 0.1) is 13.2 Å². The first-order valence-electron chi connectivity index (χ1n) is 8.67. The fourth-order valence-corrected chi connectivity index (χ4v) is 4.22. The summed E-state index contributed by atoms with van der Waals surface area (Å²) in [6, 6.07) is 6.25. The third-order valence-electron chi connectivity index (χ3n) is 4.39. The van der Waals surface area contributed by atoms with Crippen LogP contribution in [0, 0.1) is 11.6 Å². The summed E-state index contributed by atoms with van der Waals surface area (Å²) in [6.45, 7) is 1.55. The number of nitrogens with one attached hydrogen (secondary N) is 2. The normalized spacial score (nSPS) is 15.1. The fraction of sp³-hybridized carbons (Fsp3) is 0.316. The van der Waals surface area contributed by atoms with Gasteiger partial charge in [-0.3, -0.25) is 4.79 Å².